The van der Waals surface area contributed by atoms with Crippen LogP contribution < -0.4 is 10.9 Å². The van der Waals surface area contributed by atoms with Crippen molar-refractivity contribution < 1.29 is 31.1 Å². The lowest BCUT2D eigenvalue weighted by Crippen LogP contribution is -2.40. The van der Waals surface area contributed by atoms with E-state index in [2.05, 4.69) is 10.3 Å². The fourth-order valence-corrected chi connectivity index (χ4v) is 4.62. The smallest absolute Gasteiger partial charge is 0.315 e. The normalized spacial score (nSPS) is 12.8. The molecule has 3 aromatic carbocycles. The summed E-state index contributed by atoms with van der Waals surface area (Å²) in [6, 6.07) is 14.3. The Morgan fingerprint density at radius 2 is 1.50 bits per heavy atom. The molecule has 1 aromatic heterocycles. The minimum atomic E-state index is -5.07. The molecule has 1 N–H and O–H groups in total. The largest absolute Gasteiger partial charge is 0.416 e. The third-order valence-corrected chi connectivity index (χ3v) is 6.76. The fourth-order valence-electron chi connectivity index (χ4n) is 4.62. The van der Waals surface area contributed by atoms with Crippen molar-refractivity contribution in [2.24, 2.45) is 0 Å². The van der Waals surface area contributed by atoms with Gasteiger partial charge in [0.2, 0.25) is 0 Å². The molecule has 0 aliphatic carbocycles. The van der Waals surface area contributed by atoms with Crippen molar-refractivity contribution in [2.75, 3.05) is 11.9 Å². The number of fused-ring (bicyclic) bond motifs is 1. The summed E-state index contributed by atoms with van der Waals surface area (Å²) in [6.07, 6.45) is -8.16. The number of carbonyl (C=O) groups excluding carboxylic acids is 1. The number of rotatable bonds is 8. The fraction of sp³-hybridized carbons (Fsp3) is 0.300. The number of hydrogen-bond donors (Lipinski definition) is 1. The van der Waals surface area contributed by atoms with E-state index in [1.54, 1.807) is 61.5 Å². The number of para-hydroxylation sites is 2. The van der Waals surface area contributed by atoms with Gasteiger partial charge in [0.15, 0.2) is 0 Å². The first-order chi connectivity index (χ1) is 19.8. The van der Waals surface area contributed by atoms with Crippen LogP contribution in [0.25, 0.3) is 16.6 Å². The van der Waals surface area contributed by atoms with Crippen molar-refractivity contribution in [1.82, 2.24) is 14.5 Å². The number of halogens is 6. The van der Waals surface area contributed by atoms with Crippen molar-refractivity contribution in [3.8, 4) is 5.69 Å². The Morgan fingerprint density at radius 3 is 2.10 bits per heavy atom. The average molecular weight is 591 g/mol. The number of benzene rings is 3. The molecule has 4 rings (SSSR count). The van der Waals surface area contributed by atoms with Crippen LogP contribution >= 0.6 is 0 Å². The molecule has 0 saturated carbocycles. The van der Waals surface area contributed by atoms with Gasteiger partial charge in [0.25, 0.3) is 5.56 Å². The van der Waals surface area contributed by atoms with Gasteiger partial charge in [0, 0.05) is 12.2 Å². The number of aromatic nitrogens is 2. The van der Waals surface area contributed by atoms with E-state index in [9.17, 15) is 35.9 Å². The number of anilines is 1. The van der Waals surface area contributed by atoms with Gasteiger partial charge in [-0.1, -0.05) is 50.1 Å². The number of amides is 2. The lowest BCUT2D eigenvalue weighted by atomic mass is 10.1. The van der Waals surface area contributed by atoms with Crippen molar-refractivity contribution >= 4 is 22.6 Å². The minimum Gasteiger partial charge on any atom is -0.315 e. The summed E-state index contributed by atoms with van der Waals surface area (Å²) in [5, 5.41) is 2.56. The number of hydrogen-bond acceptors (Lipinski definition) is 3. The van der Waals surface area contributed by atoms with E-state index in [0.29, 0.717) is 41.6 Å². The summed E-state index contributed by atoms with van der Waals surface area (Å²) in [5.74, 6) is 0.177. The Bertz CT molecular complexity index is 1580. The second-order valence-corrected chi connectivity index (χ2v) is 9.76. The zero-order chi connectivity index (χ0) is 30.7. The van der Waals surface area contributed by atoms with Crippen LogP contribution in [0.2, 0.25) is 0 Å². The Balaban J connectivity index is 1.81. The number of urea groups is 1. The van der Waals surface area contributed by atoms with E-state index in [0.717, 1.165) is 6.42 Å². The Labute approximate surface area is 237 Å². The molecule has 0 saturated heterocycles. The highest BCUT2D eigenvalue weighted by atomic mass is 19.4. The van der Waals surface area contributed by atoms with Crippen LogP contribution in [0.1, 0.15) is 56.1 Å². The van der Waals surface area contributed by atoms with Gasteiger partial charge in [-0.3, -0.25) is 9.36 Å². The van der Waals surface area contributed by atoms with Gasteiger partial charge < -0.3 is 10.2 Å². The Hall–Kier alpha value is -4.35. The molecule has 12 heteroatoms. The summed E-state index contributed by atoms with van der Waals surface area (Å²) in [7, 11) is 0. The van der Waals surface area contributed by atoms with Crippen LogP contribution in [-0.2, 0) is 12.4 Å². The molecular formula is C30H28F6N4O2. The molecule has 0 bridgehead atoms. The van der Waals surface area contributed by atoms with E-state index >= 15 is 0 Å². The second-order valence-electron chi connectivity index (χ2n) is 9.76. The van der Waals surface area contributed by atoms with Gasteiger partial charge in [-0.2, -0.15) is 26.3 Å². The summed E-state index contributed by atoms with van der Waals surface area (Å²) in [6.45, 7) is 3.64. The summed E-state index contributed by atoms with van der Waals surface area (Å²) < 4.78 is 81.9. The van der Waals surface area contributed by atoms with Crippen molar-refractivity contribution in [3.63, 3.8) is 0 Å². The molecule has 222 valence electrons. The molecule has 0 aliphatic heterocycles. The maximum absolute atomic E-state index is 13.7. The monoisotopic (exact) mass is 590 g/mol. The van der Waals surface area contributed by atoms with Crippen molar-refractivity contribution in [3.05, 3.63) is 100 Å². The SMILES string of the molecule is CCCCCN(C(=O)Nc1cc(C(F)(F)F)cc(C(F)(F)F)c1)C(C)c1nc2ccccc2c(=O)n1-c1ccccc1. The maximum Gasteiger partial charge on any atom is 0.416 e. The van der Waals surface area contributed by atoms with Crippen LogP contribution in [0.5, 0.6) is 0 Å². The first-order valence-corrected chi connectivity index (χ1v) is 13.3. The number of carbonyl (C=O) groups is 1. The van der Waals surface area contributed by atoms with E-state index in [1.165, 1.54) is 9.47 Å². The molecule has 1 unspecified atom stereocenters. The van der Waals surface area contributed by atoms with E-state index in [-0.39, 0.29) is 18.4 Å². The van der Waals surface area contributed by atoms with Crippen LogP contribution in [0.3, 0.4) is 0 Å². The maximum atomic E-state index is 13.7. The molecule has 2 amide bonds. The van der Waals surface area contributed by atoms with Crippen LogP contribution in [0.4, 0.5) is 36.8 Å². The standard InChI is InChI=1S/C30H28F6N4O2/c1-3-4-10-15-39(28(42)37-22-17-20(29(31,32)33)16-21(18-22)30(34,35)36)19(2)26-38-25-14-9-8-13-24(25)27(41)40(26)23-11-6-5-7-12-23/h5-9,11-14,16-19H,3-4,10,15H2,1-2H3,(H,37,42). The summed E-state index contributed by atoms with van der Waals surface area (Å²) in [5.41, 5.74) is -3.31. The van der Waals surface area contributed by atoms with Crippen LogP contribution in [0.15, 0.2) is 77.6 Å². The topological polar surface area (TPSA) is 67.2 Å². The molecular weight excluding hydrogens is 562 g/mol. The molecule has 6 nitrogen and oxygen atoms in total. The number of nitrogens with one attached hydrogen (secondary N) is 1. The van der Waals surface area contributed by atoms with Gasteiger partial charge in [-0.05, 0) is 55.8 Å². The average Bonchev–Trinajstić information content (AvgIpc) is 2.94. The first kappa shape index (κ1) is 30.6. The number of unbranched alkanes of at least 4 members (excludes halogenated alkanes) is 2. The zero-order valence-electron chi connectivity index (χ0n) is 22.8. The third-order valence-electron chi connectivity index (χ3n) is 6.76. The number of nitrogens with zero attached hydrogens (tertiary/aromatic N) is 3. The molecule has 1 atom stereocenters. The van der Waals surface area contributed by atoms with Crippen molar-refractivity contribution in [1.29, 1.82) is 0 Å². The third kappa shape index (κ3) is 6.75. The van der Waals surface area contributed by atoms with Gasteiger partial charge in [0.1, 0.15) is 5.82 Å². The molecule has 0 spiro atoms. The summed E-state index contributed by atoms with van der Waals surface area (Å²) >= 11 is 0. The second kappa shape index (κ2) is 12.3. The zero-order valence-corrected chi connectivity index (χ0v) is 22.8. The predicted octanol–water partition coefficient (Wildman–Crippen LogP) is 8.21. The van der Waals surface area contributed by atoms with Gasteiger partial charge in [-0.25, -0.2) is 9.78 Å². The Kier molecular flexibility index (Phi) is 8.93. The molecule has 1 heterocycles. The highest BCUT2D eigenvalue weighted by Gasteiger charge is 2.37. The molecule has 0 fully saturated rings. The predicted molar refractivity (Wildman–Crippen MR) is 147 cm³/mol. The minimum absolute atomic E-state index is 0.00511. The van der Waals surface area contributed by atoms with Crippen LogP contribution in [-0.4, -0.2) is 27.0 Å². The molecule has 42 heavy (non-hydrogen) atoms. The molecule has 0 radical (unpaired) electrons. The summed E-state index contributed by atoms with van der Waals surface area (Å²) in [4.78, 5) is 33.2. The van der Waals surface area contributed by atoms with Gasteiger partial charge in [-0.15, -0.1) is 0 Å². The molecule has 0 aliphatic rings. The Morgan fingerprint density at radius 1 is 0.905 bits per heavy atom. The van der Waals surface area contributed by atoms with Crippen LogP contribution in [0, 0.1) is 0 Å². The number of alkyl halides is 6. The van der Waals surface area contributed by atoms with Crippen molar-refractivity contribution in [2.45, 2.75) is 51.5 Å². The van der Waals surface area contributed by atoms with E-state index < -0.39 is 46.8 Å². The van der Waals surface area contributed by atoms with Gasteiger partial charge >= 0.3 is 18.4 Å². The first-order valence-electron chi connectivity index (χ1n) is 13.3. The highest BCUT2D eigenvalue weighted by Crippen LogP contribution is 2.38. The van der Waals surface area contributed by atoms with Gasteiger partial charge in [0.05, 0.1) is 33.8 Å². The van der Waals surface area contributed by atoms with E-state index in [4.69, 9.17) is 0 Å². The highest BCUT2D eigenvalue weighted by molar-refractivity contribution is 5.90. The lowest BCUT2D eigenvalue weighted by molar-refractivity contribution is -0.143. The molecule has 4 aromatic rings. The quantitative estimate of drug-likeness (QED) is 0.166. The van der Waals surface area contributed by atoms with E-state index in [1.807, 2.05) is 6.92 Å². The lowest BCUT2D eigenvalue weighted by Gasteiger charge is -2.31.